The average molecular weight is 284 g/mol. The van der Waals surface area contributed by atoms with Crippen LogP contribution in [-0.4, -0.2) is 24.1 Å². The Balaban J connectivity index is 3.34. The van der Waals surface area contributed by atoms with Crippen LogP contribution in [0.4, 0.5) is 11.4 Å². The van der Waals surface area contributed by atoms with Crippen molar-refractivity contribution in [2.75, 3.05) is 0 Å². The highest BCUT2D eigenvalue weighted by atomic mass is 14.9. The lowest BCUT2D eigenvalue weighted by atomic mass is 10.0. The van der Waals surface area contributed by atoms with Gasteiger partial charge in [0.05, 0.1) is 24.1 Å². The maximum Gasteiger partial charge on any atom is 0.105 e. The topological polar surface area (TPSA) is 49.4 Å². The van der Waals surface area contributed by atoms with Crippen LogP contribution < -0.4 is 0 Å². The molecular formula is C17H24N4. The molecule has 0 bridgehead atoms. The molecule has 1 rings (SSSR count). The molecule has 0 aliphatic rings. The van der Waals surface area contributed by atoms with E-state index in [2.05, 4.69) is 51.9 Å². The minimum Gasteiger partial charge on any atom is -0.223 e. The van der Waals surface area contributed by atoms with Crippen LogP contribution in [0.2, 0.25) is 0 Å². The van der Waals surface area contributed by atoms with E-state index in [1.165, 1.54) is 0 Å². The smallest absolute Gasteiger partial charge is 0.105 e. The zero-order valence-electron chi connectivity index (χ0n) is 13.8. The van der Waals surface area contributed by atoms with Gasteiger partial charge in [-0.05, 0) is 45.2 Å². The summed E-state index contributed by atoms with van der Waals surface area (Å²) in [5.41, 5.74) is 2.66. The Labute approximate surface area is 127 Å². The Bertz CT molecular complexity index is 585. The number of nitrogens with zero attached hydrogens (tertiary/aromatic N) is 4. The van der Waals surface area contributed by atoms with E-state index in [0.717, 1.165) is 16.9 Å². The zero-order valence-corrected chi connectivity index (χ0v) is 13.8. The van der Waals surface area contributed by atoms with E-state index in [0.29, 0.717) is 5.92 Å². The summed E-state index contributed by atoms with van der Waals surface area (Å²) in [5, 5.41) is 0. The fraction of sp³-hybridized carbons (Fsp3) is 0.529. The van der Waals surface area contributed by atoms with E-state index in [4.69, 9.17) is 0 Å². The SMILES string of the molecule is CC(C)N=C=Nc1cccc(C(C)C)c1N=C=NC(C)C. The first-order chi connectivity index (χ1) is 9.91. The summed E-state index contributed by atoms with van der Waals surface area (Å²) in [6.07, 6.45) is 0. The van der Waals surface area contributed by atoms with Crippen LogP contribution in [0.1, 0.15) is 53.0 Å². The van der Waals surface area contributed by atoms with Gasteiger partial charge in [0.1, 0.15) is 11.4 Å². The van der Waals surface area contributed by atoms with Crippen molar-refractivity contribution in [2.45, 2.75) is 59.5 Å². The average Bonchev–Trinajstić information content (AvgIpc) is 2.38. The summed E-state index contributed by atoms with van der Waals surface area (Å²) >= 11 is 0. The molecule has 1 aromatic carbocycles. The lowest BCUT2D eigenvalue weighted by Gasteiger charge is -2.09. The lowest BCUT2D eigenvalue weighted by molar-refractivity contribution is 0.840. The van der Waals surface area contributed by atoms with Gasteiger partial charge in [-0.25, -0.2) is 9.98 Å². The summed E-state index contributed by atoms with van der Waals surface area (Å²) < 4.78 is 0. The van der Waals surface area contributed by atoms with E-state index in [-0.39, 0.29) is 12.1 Å². The molecule has 0 spiro atoms. The van der Waals surface area contributed by atoms with Crippen molar-refractivity contribution in [3.8, 4) is 0 Å². The highest BCUT2D eigenvalue weighted by Gasteiger charge is 2.09. The predicted molar refractivity (Wildman–Crippen MR) is 89.8 cm³/mol. The van der Waals surface area contributed by atoms with Gasteiger partial charge in [-0.1, -0.05) is 26.0 Å². The van der Waals surface area contributed by atoms with Gasteiger partial charge in [0.25, 0.3) is 0 Å². The predicted octanol–water partition coefficient (Wildman–Crippen LogP) is 5.24. The second-order valence-electron chi connectivity index (χ2n) is 5.74. The molecule has 0 atom stereocenters. The van der Waals surface area contributed by atoms with Crippen LogP contribution in [0.15, 0.2) is 38.2 Å². The Morgan fingerprint density at radius 1 is 0.810 bits per heavy atom. The molecule has 0 saturated carbocycles. The molecule has 21 heavy (non-hydrogen) atoms. The van der Waals surface area contributed by atoms with Gasteiger partial charge < -0.3 is 0 Å². The molecule has 0 aliphatic heterocycles. The lowest BCUT2D eigenvalue weighted by Crippen LogP contribution is -1.89. The fourth-order valence-electron chi connectivity index (χ4n) is 1.62. The van der Waals surface area contributed by atoms with E-state index >= 15 is 0 Å². The monoisotopic (exact) mass is 284 g/mol. The van der Waals surface area contributed by atoms with E-state index in [1.54, 1.807) is 0 Å². The molecule has 0 aromatic heterocycles. The number of para-hydroxylation sites is 1. The van der Waals surface area contributed by atoms with E-state index in [9.17, 15) is 0 Å². The van der Waals surface area contributed by atoms with Crippen molar-refractivity contribution in [2.24, 2.45) is 20.0 Å². The third kappa shape index (κ3) is 5.86. The van der Waals surface area contributed by atoms with Gasteiger partial charge in [-0.15, -0.1) is 0 Å². The van der Waals surface area contributed by atoms with Crippen LogP contribution in [0.5, 0.6) is 0 Å². The molecule has 0 fully saturated rings. The van der Waals surface area contributed by atoms with Gasteiger partial charge in [0.15, 0.2) is 0 Å². The molecule has 0 radical (unpaired) electrons. The molecule has 1 aromatic rings. The quantitative estimate of drug-likeness (QED) is 0.664. The van der Waals surface area contributed by atoms with Crippen molar-refractivity contribution in [3.63, 3.8) is 0 Å². The first-order valence-electron chi connectivity index (χ1n) is 7.35. The Morgan fingerprint density at radius 2 is 1.38 bits per heavy atom. The Morgan fingerprint density at radius 3 is 1.90 bits per heavy atom. The van der Waals surface area contributed by atoms with Gasteiger partial charge in [0, 0.05) is 0 Å². The number of hydrogen-bond acceptors (Lipinski definition) is 4. The second-order valence-corrected chi connectivity index (χ2v) is 5.74. The Hall–Kier alpha value is -2.02. The standard InChI is InChI=1S/C17H24N4/c1-12(2)15-8-7-9-16(20-10-18-13(3)4)17(15)21-11-19-14(5)6/h7-9,12-14H,1-6H3. The number of aliphatic imine (C=N–C) groups is 4. The summed E-state index contributed by atoms with van der Waals surface area (Å²) in [7, 11) is 0. The molecule has 112 valence electrons. The molecule has 0 amide bonds. The highest BCUT2D eigenvalue weighted by molar-refractivity contribution is 5.73. The maximum atomic E-state index is 4.37. The third-order valence-electron chi connectivity index (χ3n) is 2.63. The largest absolute Gasteiger partial charge is 0.223 e. The van der Waals surface area contributed by atoms with Crippen molar-refractivity contribution in [1.29, 1.82) is 0 Å². The van der Waals surface area contributed by atoms with Crippen LogP contribution >= 0.6 is 0 Å². The van der Waals surface area contributed by atoms with Crippen molar-refractivity contribution in [3.05, 3.63) is 23.8 Å². The molecule has 0 unspecified atom stereocenters. The highest BCUT2D eigenvalue weighted by Crippen LogP contribution is 2.35. The third-order valence-corrected chi connectivity index (χ3v) is 2.63. The van der Waals surface area contributed by atoms with Gasteiger partial charge in [-0.3, -0.25) is 0 Å². The maximum absolute atomic E-state index is 4.37. The number of hydrogen-bond donors (Lipinski definition) is 0. The summed E-state index contributed by atoms with van der Waals surface area (Å²) in [6, 6.07) is 11.8. The molecular weight excluding hydrogens is 260 g/mol. The number of rotatable bonds is 5. The normalized spacial score (nSPS) is 10.3. The van der Waals surface area contributed by atoms with Crippen LogP contribution in [0.3, 0.4) is 0 Å². The minimum atomic E-state index is 0.175. The van der Waals surface area contributed by atoms with Gasteiger partial charge in [-0.2, -0.15) is 9.98 Å². The van der Waals surface area contributed by atoms with Crippen molar-refractivity contribution < 1.29 is 0 Å². The first kappa shape index (κ1) is 17.0. The minimum absolute atomic E-state index is 0.175. The van der Waals surface area contributed by atoms with Gasteiger partial charge >= 0.3 is 0 Å². The van der Waals surface area contributed by atoms with E-state index < -0.39 is 0 Å². The van der Waals surface area contributed by atoms with Crippen molar-refractivity contribution in [1.82, 2.24) is 0 Å². The van der Waals surface area contributed by atoms with Crippen LogP contribution in [-0.2, 0) is 0 Å². The van der Waals surface area contributed by atoms with Crippen LogP contribution in [0.25, 0.3) is 0 Å². The molecule has 0 aliphatic carbocycles. The molecule has 0 heterocycles. The summed E-state index contributed by atoms with van der Waals surface area (Å²) in [5.74, 6) is 0.349. The summed E-state index contributed by atoms with van der Waals surface area (Å²) in [4.78, 5) is 17.0. The second kappa shape index (κ2) is 8.31. The first-order valence-corrected chi connectivity index (χ1v) is 7.35. The van der Waals surface area contributed by atoms with Gasteiger partial charge in [0.2, 0.25) is 0 Å². The zero-order chi connectivity index (χ0) is 15.8. The van der Waals surface area contributed by atoms with Crippen LogP contribution in [0, 0.1) is 0 Å². The number of benzene rings is 1. The molecule has 0 N–H and O–H groups in total. The van der Waals surface area contributed by atoms with Crippen molar-refractivity contribution >= 4 is 23.4 Å². The Kier molecular flexibility index (Phi) is 6.74. The molecule has 4 nitrogen and oxygen atoms in total. The molecule has 0 saturated heterocycles. The van der Waals surface area contributed by atoms with E-state index in [1.807, 2.05) is 39.8 Å². The fourth-order valence-corrected chi connectivity index (χ4v) is 1.62. The molecule has 4 heteroatoms. The summed E-state index contributed by atoms with van der Waals surface area (Å²) in [6.45, 7) is 12.2.